The molecule has 0 heterocycles. The summed E-state index contributed by atoms with van der Waals surface area (Å²) in [6.07, 6.45) is 0. The van der Waals surface area contributed by atoms with Crippen molar-refractivity contribution in [1.29, 1.82) is 5.26 Å². The van der Waals surface area contributed by atoms with E-state index in [1.807, 2.05) is 6.07 Å². The molecule has 19 heavy (non-hydrogen) atoms. The fraction of sp³-hybridized carbons (Fsp3) is 0.0667. The number of benzene rings is 2. The topological polar surface area (TPSA) is 52.9 Å². The molecule has 3 nitrogen and oxygen atoms in total. The molecule has 2 rings (SSSR count). The summed E-state index contributed by atoms with van der Waals surface area (Å²) in [7, 11) is 0. The molecule has 0 aromatic heterocycles. The molecule has 0 atom stereocenters. The molecule has 0 bridgehead atoms. The normalized spacial score (nSPS) is 9.74. The quantitative estimate of drug-likeness (QED) is 0.851. The third-order valence-electron chi connectivity index (χ3n) is 2.64. The van der Waals surface area contributed by atoms with E-state index in [9.17, 15) is 9.18 Å². The number of anilines is 2. The second-order valence-corrected chi connectivity index (χ2v) is 4.07. The van der Waals surface area contributed by atoms with E-state index >= 15 is 0 Å². The summed E-state index contributed by atoms with van der Waals surface area (Å²) in [5, 5.41) is 11.7. The maximum absolute atomic E-state index is 13.7. The molecule has 2 aromatic carbocycles. The van der Waals surface area contributed by atoms with Gasteiger partial charge in [-0.05, 0) is 43.3 Å². The first-order valence-electron chi connectivity index (χ1n) is 5.68. The minimum atomic E-state index is -0.452. The van der Waals surface area contributed by atoms with Crippen LogP contribution in [0.1, 0.15) is 22.8 Å². The lowest BCUT2D eigenvalue weighted by atomic mass is 10.1. The highest BCUT2D eigenvalue weighted by Crippen LogP contribution is 2.22. The lowest BCUT2D eigenvalue weighted by Crippen LogP contribution is -1.98. The number of nitriles is 1. The monoisotopic (exact) mass is 254 g/mol. The van der Waals surface area contributed by atoms with Crippen LogP contribution in [0, 0.1) is 17.1 Å². The van der Waals surface area contributed by atoms with Crippen LogP contribution in [0.15, 0.2) is 42.5 Å². The van der Waals surface area contributed by atoms with E-state index in [4.69, 9.17) is 5.26 Å². The van der Waals surface area contributed by atoms with Gasteiger partial charge >= 0.3 is 0 Å². The molecule has 0 aliphatic rings. The Balaban J connectivity index is 2.34. The Hall–Kier alpha value is -2.67. The van der Waals surface area contributed by atoms with Crippen molar-refractivity contribution < 1.29 is 9.18 Å². The van der Waals surface area contributed by atoms with Gasteiger partial charge in [-0.25, -0.2) is 4.39 Å². The average Bonchev–Trinajstić information content (AvgIpc) is 2.41. The van der Waals surface area contributed by atoms with Crippen LogP contribution in [0.5, 0.6) is 0 Å². The number of ketones is 1. The summed E-state index contributed by atoms with van der Waals surface area (Å²) < 4.78 is 13.7. The molecular formula is C15H11FN2O. The highest BCUT2D eigenvalue weighted by Gasteiger charge is 2.07. The van der Waals surface area contributed by atoms with Crippen molar-refractivity contribution in [1.82, 2.24) is 0 Å². The minimum absolute atomic E-state index is 0.131. The molecule has 0 aliphatic carbocycles. The van der Waals surface area contributed by atoms with Crippen molar-refractivity contribution in [3.63, 3.8) is 0 Å². The Bertz CT molecular complexity index is 674. The van der Waals surface area contributed by atoms with Gasteiger partial charge in [0.2, 0.25) is 0 Å². The van der Waals surface area contributed by atoms with E-state index in [0.717, 1.165) is 0 Å². The fourth-order valence-electron chi connectivity index (χ4n) is 1.66. The Morgan fingerprint density at radius 3 is 2.74 bits per heavy atom. The molecule has 0 saturated carbocycles. The highest BCUT2D eigenvalue weighted by molar-refractivity contribution is 5.95. The van der Waals surface area contributed by atoms with Gasteiger partial charge in [-0.15, -0.1) is 0 Å². The zero-order valence-electron chi connectivity index (χ0n) is 10.3. The molecule has 0 saturated heterocycles. The Labute approximate surface area is 110 Å². The maximum Gasteiger partial charge on any atom is 0.159 e. The zero-order chi connectivity index (χ0) is 13.8. The van der Waals surface area contributed by atoms with E-state index in [1.165, 1.54) is 25.1 Å². The van der Waals surface area contributed by atoms with E-state index in [-0.39, 0.29) is 11.5 Å². The number of carbonyl (C=O) groups excluding carboxylic acids is 1. The Kier molecular flexibility index (Phi) is 3.58. The standard InChI is InChI=1S/C15H11FN2O/c1-10(19)12-5-6-14(16)15(8-12)18-13-4-2-3-11(7-13)9-17/h2-8,18H,1H3. The predicted molar refractivity (Wildman–Crippen MR) is 70.8 cm³/mol. The lowest BCUT2D eigenvalue weighted by molar-refractivity contribution is 0.101. The number of nitrogens with zero attached hydrogens (tertiary/aromatic N) is 1. The van der Waals surface area contributed by atoms with Gasteiger partial charge < -0.3 is 5.32 Å². The van der Waals surface area contributed by atoms with Gasteiger partial charge in [0.1, 0.15) is 5.82 Å². The van der Waals surface area contributed by atoms with Crippen molar-refractivity contribution >= 4 is 17.2 Å². The summed E-state index contributed by atoms with van der Waals surface area (Å²) in [4.78, 5) is 11.3. The largest absolute Gasteiger partial charge is 0.353 e. The molecule has 0 spiro atoms. The van der Waals surface area contributed by atoms with Gasteiger partial charge in [0.15, 0.2) is 5.78 Å². The molecule has 0 aliphatic heterocycles. The lowest BCUT2D eigenvalue weighted by Gasteiger charge is -2.09. The van der Waals surface area contributed by atoms with Crippen molar-refractivity contribution in [2.75, 3.05) is 5.32 Å². The Morgan fingerprint density at radius 2 is 2.05 bits per heavy atom. The predicted octanol–water partition coefficient (Wildman–Crippen LogP) is 3.64. The number of nitrogens with one attached hydrogen (secondary N) is 1. The zero-order valence-corrected chi connectivity index (χ0v) is 10.3. The number of rotatable bonds is 3. The highest BCUT2D eigenvalue weighted by atomic mass is 19.1. The molecule has 2 aromatic rings. The van der Waals surface area contributed by atoms with Crippen molar-refractivity contribution in [3.8, 4) is 6.07 Å². The number of hydrogen-bond acceptors (Lipinski definition) is 3. The van der Waals surface area contributed by atoms with Crippen LogP contribution in [0.4, 0.5) is 15.8 Å². The molecule has 0 unspecified atom stereocenters. The molecule has 94 valence electrons. The summed E-state index contributed by atoms with van der Waals surface area (Å²) >= 11 is 0. The van der Waals surface area contributed by atoms with E-state index in [1.54, 1.807) is 24.3 Å². The first kappa shape index (κ1) is 12.8. The van der Waals surface area contributed by atoms with Gasteiger partial charge in [0.05, 0.1) is 17.3 Å². The number of Topliss-reactive ketones (excluding diaryl/α,β-unsaturated/α-hetero) is 1. The van der Waals surface area contributed by atoms with E-state index in [2.05, 4.69) is 5.32 Å². The van der Waals surface area contributed by atoms with Crippen LogP contribution in [-0.2, 0) is 0 Å². The molecule has 1 N–H and O–H groups in total. The first-order chi connectivity index (χ1) is 9.10. The molecule has 0 amide bonds. The molecule has 4 heteroatoms. The van der Waals surface area contributed by atoms with Crippen LogP contribution in [0.25, 0.3) is 0 Å². The summed E-state index contributed by atoms with van der Waals surface area (Å²) in [6, 6.07) is 12.8. The van der Waals surface area contributed by atoms with Crippen LogP contribution in [0.3, 0.4) is 0 Å². The first-order valence-corrected chi connectivity index (χ1v) is 5.68. The van der Waals surface area contributed by atoms with Crippen LogP contribution >= 0.6 is 0 Å². The molecular weight excluding hydrogens is 243 g/mol. The van der Waals surface area contributed by atoms with Gasteiger partial charge in [-0.1, -0.05) is 6.07 Å². The van der Waals surface area contributed by atoms with Gasteiger partial charge in [-0.3, -0.25) is 4.79 Å². The number of carbonyl (C=O) groups is 1. The van der Waals surface area contributed by atoms with Crippen molar-refractivity contribution in [2.24, 2.45) is 0 Å². The van der Waals surface area contributed by atoms with Crippen LogP contribution in [-0.4, -0.2) is 5.78 Å². The smallest absolute Gasteiger partial charge is 0.159 e. The van der Waals surface area contributed by atoms with Crippen LogP contribution < -0.4 is 5.32 Å². The van der Waals surface area contributed by atoms with Crippen molar-refractivity contribution in [3.05, 3.63) is 59.4 Å². The molecule has 0 fully saturated rings. The van der Waals surface area contributed by atoms with E-state index in [0.29, 0.717) is 16.8 Å². The molecule has 0 radical (unpaired) electrons. The minimum Gasteiger partial charge on any atom is -0.353 e. The second kappa shape index (κ2) is 5.32. The average molecular weight is 254 g/mol. The summed E-state index contributed by atoms with van der Waals surface area (Å²) in [5.74, 6) is -0.582. The van der Waals surface area contributed by atoms with Gasteiger partial charge in [0, 0.05) is 11.3 Å². The second-order valence-electron chi connectivity index (χ2n) is 4.07. The summed E-state index contributed by atoms with van der Waals surface area (Å²) in [6.45, 7) is 1.42. The summed E-state index contributed by atoms with van der Waals surface area (Å²) in [5.41, 5.74) is 1.72. The maximum atomic E-state index is 13.7. The van der Waals surface area contributed by atoms with Crippen LogP contribution in [0.2, 0.25) is 0 Å². The van der Waals surface area contributed by atoms with Gasteiger partial charge in [0.25, 0.3) is 0 Å². The van der Waals surface area contributed by atoms with E-state index < -0.39 is 5.82 Å². The Morgan fingerprint density at radius 1 is 1.26 bits per heavy atom. The van der Waals surface area contributed by atoms with Gasteiger partial charge in [-0.2, -0.15) is 5.26 Å². The SMILES string of the molecule is CC(=O)c1ccc(F)c(Nc2cccc(C#N)c2)c1. The fourth-order valence-corrected chi connectivity index (χ4v) is 1.66. The number of hydrogen-bond donors (Lipinski definition) is 1. The number of halogens is 1. The van der Waals surface area contributed by atoms with Crippen molar-refractivity contribution in [2.45, 2.75) is 6.92 Å². The third kappa shape index (κ3) is 2.96. The third-order valence-corrected chi connectivity index (χ3v) is 2.64.